The molecule has 1 atom stereocenters. The van der Waals surface area contributed by atoms with Crippen molar-refractivity contribution < 1.29 is 8.42 Å². The lowest BCUT2D eigenvalue weighted by Crippen LogP contribution is -2.46. The Balaban J connectivity index is 1.64. The van der Waals surface area contributed by atoms with Gasteiger partial charge in [-0.1, -0.05) is 17.7 Å². The monoisotopic (exact) mass is 308 g/mol. The highest BCUT2D eigenvalue weighted by Crippen LogP contribution is 2.28. The maximum absolute atomic E-state index is 11.7. The van der Waals surface area contributed by atoms with E-state index < -0.39 is 9.84 Å². The molecule has 1 N–H and O–H groups in total. The van der Waals surface area contributed by atoms with Gasteiger partial charge in [0.15, 0.2) is 9.84 Å². The minimum Gasteiger partial charge on any atom is -0.371 e. The van der Waals surface area contributed by atoms with Crippen LogP contribution in [0.1, 0.15) is 24.0 Å². The van der Waals surface area contributed by atoms with Gasteiger partial charge < -0.3 is 10.2 Å². The van der Waals surface area contributed by atoms with Gasteiger partial charge in [0.1, 0.15) is 0 Å². The molecule has 1 aromatic carbocycles. The minimum atomic E-state index is -2.83. The molecular weight excluding hydrogens is 284 g/mol. The second-order valence-corrected chi connectivity index (χ2v) is 8.51. The zero-order valence-electron chi connectivity index (χ0n) is 12.6. The van der Waals surface area contributed by atoms with Crippen LogP contribution < -0.4 is 10.2 Å². The van der Waals surface area contributed by atoms with E-state index in [0.717, 1.165) is 25.9 Å². The van der Waals surface area contributed by atoms with Gasteiger partial charge in [-0.3, -0.25) is 0 Å². The maximum atomic E-state index is 11.7. The van der Waals surface area contributed by atoms with Gasteiger partial charge in [0, 0.05) is 31.4 Å². The van der Waals surface area contributed by atoms with Crippen LogP contribution in [0.2, 0.25) is 0 Å². The van der Waals surface area contributed by atoms with Crippen molar-refractivity contribution in [2.75, 3.05) is 36.0 Å². The molecule has 2 aliphatic rings. The SMILES string of the molecule is Cc1ccc2c(c1)CCCN2CCC1CS(=O)(=O)CCN1. The van der Waals surface area contributed by atoms with Crippen LogP contribution in [0.3, 0.4) is 0 Å². The summed E-state index contributed by atoms with van der Waals surface area (Å²) in [7, 11) is -2.83. The van der Waals surface area contributed by atoms with Crippen molar-refractivity contribution in [1.29, 1.82) is 0 Å². The summed E-state index contributed by atoms with van der Waals surface area (Å²) in [5.41, 5.74) is 4.09. The zero-order chi connectivity index (χ0) is 14.9. The van der Waals surface area contributed by atoms with E-state index in [9.17, 15) is 8.42 Å². The summed E-state index contributed by atoms with van der Waals surface area (Å²) in [4.78, 5) is 2.42. The van der Waals surface area contributed by atoms with E-state index in [0.29, 0.717) is 12.3 Å². The van der Waals surface area contributed by atoms with E-state index in [1.807, 2.05) is 0 Å². The van der Waals surface area contributed by atoms with Crippen LogP contribution in [0.15, 0.2) is 18.2 Å². The Morgan fingerprint density at radius 3 is 3.05 bits per heavy atom. The highest BCUT2D eigenvalue weighted by molar-refractivity contribution is 7.91. The topological polar surface area (TPSA) is 49.4 Å². The second kappa shape index (κ2) is 5.97. The van der Waals surface area contributed by atoms with Crippen LogP contribution in [0.4, 0.5) is 5.69 Å². The van der Waals surface area contributed by atoms with Crippen molar-refractivity contribution in [3.05, 3.63) is 29.3 Å². The fourth-order valence-corrected chi connectivity index (χ4v) is 4.89. The first-order valence-corrected chi connectivity index (χ1v) is 9.64. The third kappa shape index (κ3) is 3.58. The van der Waals surface area contributed by atoms with Gasteiger partial charge in [0.05, 0.1) is 11.5 Å². The summed E-state index contributed by atoms with van der Waals surface area (Å²) >= 11 is 0. The normalized spacial score (nSPS) is 24.6. The fourth-order valence-electron chi connectivity index (χ4n) is 3.40. The van der Waals surface area contributed by atoms with Crippen molar-refractivity contribution in [2.45, 2.75) is 32.2 Å². The molecule has 1 fully saturated rings. The largest absolute Gasteiger partial charge is 0.371 e. The third-order valence-electron chi connectivity index (χ3n) is 4.50. The van der Waals surface area contributed by atoms with Crippen LogP contribution >= 0.6 is 0 Å². The standard InChI is InChI=1S/C16H24N2O2S/c1-13-4-5-16-14(11-13)3-2-8-18(16)9-6-15-12-21(19,20)10-7-17-15/h4-5,11,15,17H,2-3,6-10,12H2,1H3. The summed E-state index contributed by atoms with van der Waals surface area (Å²) in [5.74, 6) is 0.580. The molecule has 0 saturated carbocycles. The molecule has 0 bridgehead atoms. The van der Waals surface area contributed by atoms with Gasteiger partial charge in [-0.25, -0.2) is 8.42 Å². The molecular formula is C16H24N2O2S. The first kappa shape index (κ1) is 14.9. The van der Waals surface area contributed by atoms with Crippen LogP contribution in [-0.2, 0) is 16.3 Å². The molecule has 0 aromatic heterocycles. The quantitative estimate of drug-likeness (QED) is 0.920. The van der Waals surface area contributed by atoms with Gasteiger partial charge in [-0.2, -0.15) is 0 Å². The molecule has 2 aliphatic heterocycles. The number of benzene rings is 1. The molecule has 0 radical (unpaired) electrons. The van der Waals surface area contributed by atoms with Gasteiger partial charge in [0.25, 0.3) is 0 Å². The molecule has 0 amide bonds. The first-order chi connectivity index (χ1) is 10.0. The summed E-state index contributed by atoms with van der Waals surface area (Å²) in [6.45, 7) is 4.75. The summed E-state index contributed by atoms with van der Waals surface area (Å²) < 4.78 is 23.4. The van der Waals surface area contributed by atoms with Crippen LogP contribution in [-0.4, -0.2) is 45.6 Å². The third-order valence-corrected chi connectivity index (χ3v) is 6.23. The second-order valence-electron chi connectivity index (χ2n) is 6.28. The highest BCUT2D eigenvalue weighted by Gasteiger charge is 2.25. The number of sulfone groups is 1. The van der Waals surface area contributed by atoms with Gasteiger partial charge in [-0.15, -0.1) is 0 Å². The van der Waals surface area contributed by atoms with E-state index in [1.165, 1.54) is 23.2 Å². The average Bonchev–Trinajstić information content (AvgIpc) is 2.43. The van der Waals surface area contributed by atoms with Crippen molar-refractivity contribution >= 4 is 15.5 Å². The summed E-state index contributed by atoms with van der Waals surface area (Å²) in [5, 5.41) is 3.34. The predicted octanol–water partition coefficient (Wildman–Crippen LogP) is 1.52. The zero-order valence-corrected chi connectivity index (χ0v) is 13.5. The fraction of sp³-hybridized carbons (Fsp3) is 0.625. The number of aryl methyl sites for hydroxylation is 2. The highest BCUT2D eigenvalue weighted by atomic mass is 32.2. The molecule has 0 aliphatic carbocycles. The Kier molecular flexibility index (Phi) is 4.22. The number of hydrogen-bond donors (Lipinski definition) is 1. The molecule has 1 saturated heterocycles. The Morgan fingerprint density at radius 2 is 2.24 bits per heavy atom. The molecule has 4 nitrogen and oxygen atoms in total. The Bertz CT molecular complexity index is 613. The average molecular weight is 308 g/mol. The van der Waals surface area contributed by atoms with E-state index in [4.69, 9.17) is 0 Å². The Labute approximate surface area is 127 Å². The number of hydrogen-bond acceptors (Lipinski definition) is 4. The van der Waals surface area contributed by atoms with Crippen LogP contribution in [0, 0.1) is 6.92 Å². The predicted molar refractivity (Wildman–Crippen MR) is 86.8 cm³/mol. The smallest absolute Gasteiger partial charge is 0.153 e. The van der Waals surface area contributed by atoms with E-state index in [1.54, 1.807) is 0 Å². The van der Waals surface area contributed by atoms with E-state index in [-0.39, 0.29) is 11.8 Å². The van der Waals surface area contributed by atoms with E-state index in [2.05, 4.69) is 35.3 Å². The first-order valence-electron chi connectivity index (χ1n) is 7.82. The van der Waals surface area contributed by atoms with E-state index >= 15 is 0 Å². The summed E-state index contributed by atoms with van der Waals surface area (Å²) in [6.07, 6.45) is 3.24. The molecule has 116 valence electrons. The van der Waals surface area contributed by atoms with Gasteiger partial charge in [0.2, 0.25) is 0 Å². The molecule has 3 rings (SSSR count). The van der Waals surface area contributed by atoms with Gasteiger partial charge >= 0.3 is 0 Å². The van der Waals surface area contributed by atoms with Crippen molar-refractivity contribution in [1.82, 2.24) is 5.32 Å². The lowest BCUT2D eigenvalue weighted by atomic mass is 9.99. The molecule has 21 heavy (non-hydrogen) atoms. The lowest BCUT2D eigenvalue weighted by molar-refractivity contribution is 0.489. The number of anilines is 1. The van der Waals surface area contributed by atoms with Crippen molar-refractivity contribution in [2.24, 2.45) is 0 Å². The van der Waals surface area contributed by atoms with Gasteiger partial charge in [-0.05, 0) is 37.8 Å². The molecule has 1 unspecified atom stereocenters. The molecule has 0 spiro atoms. The van der Waals surface area contributed by atoms with Crippen LogP contribution in [0.5, 0.6) is 0 Å². The number of fused-ring (bicyclic) bond motifs is 1. The number of nitrogens with zero attached hydrogens (tertiary/aromatic N) is 1. The van der Waals surface area contributed by atoms with Crippen LogP contribution in [0.25, 0.3) is 0 Å². The Hall–Kier alpha value is -1.07. The molecule has 2 heterocycles. The maximum Gasteiger partial charge on any atom is 0.153 e. The lowest BCUT2D eigenvalue weighted by Gasteiger charge is -2.33. The minimum absolute atomic E-state index is 0.111. The summed E-state index contributed by atoms with van der Waals surface area (Å²) in [6, 6.07) is 6.78. The molecule has 1 aromatic rings. The Morgan fingerprint density at radius 1 is 1.38 bits per heavy atom. The molecule has 5 heteroatoms. The van der Waals surface area contributed by atoms with Crippen molar-refractivity contribution in [3.8, 4) is 0 Å². The number of rotatable bonds is 3. The number of nitrogens with one attached hydrogen (secondary N) is 1. The van der Waals surface area contributed by atoms with Crippen molar-refractivity contribution in [3.63, 3.8) is 0 Å².